The van der Waals surface area contributed by atoms with E-state index in [2.05, 4.69) is 5.32 Å². The monoisotopic (exact) mass is 422 g/mol. The zero-order valence-electron chi connectivity index (χ0n) is 17.4. The smallest absolute Gasteiger partial charge is 0.264 e. The molecule has 0 aliphatic rings. The maximum absolute atomic E-state index is 13.1. The van der Waals surface area contributed by atoms with E-state index in [0.717, 1.165) is 21.9 Å². The molecule has 30 heavy (non-hydrogen) atoms. The van der Waals surface area contributed by atoms with E-state index >= 15 is 0 Å². The summed E-state index contributed by atoms with van der Waals surface area (Å²) in [5, 5.41) is 3.04. The average Bonchev–Trinajstić information content (AvgIpc) is 2.78. The van der Waals surface area contributed by atoms with Crippen molar-refractivity contribution in [1.29, 1.82) is 0 Å². The number of amides is 1. The molecule has 5 nitrogen and oxygen atoms in total. The molecule has 0 saturated carbocycles. The average molecular weight is 423 g/mol. The lowest BCUT2D eigenvalue weighted by Crippen LogP contribution is -2.32. The molecule has 3 aromatic carbocycles. The van der Waals surface area contributed by atoms with E-state index in [1.165, 1.54) is 7.05 Å². The largest absolute Gasteiger partial charge is 0.345 e. The molecule has 0 heterocycles. The van der Waals surface area contributed by atoms with E-state index in [0.29, 0.717) is 11.3 Å². The third kappa shape index (κ3) is 4.54. The van der Waals surface area contributed by atoms with Crippen LogP contribution in [-0.2, 0) is 10.0 Å². The number of hydrogen-bond donors (Lipinski definition) is 1. The summed E-state index contributed by atoms with van der Waals surface area (Å²) in [5.74, 6) is -0.312. The maximum Gasteiger partial charge on any atom is 0.264 e. The lowest BCUT2D eigenvalue weighted by Gasteiger charge is -2.23. The quantitative estimate of drug-likeness (QED) is 0.600. The SMILES string of the molecule is CCC(NC(=O)c1ccccc1N(C)S(=O)(=O)c1ccccc1)c1ccc(C)cc1. The molecule has 1 atom stereocenters. The predicted molar refractivity (Wildman–Crippen MR) is 120 cm³/mol. The van der Waals surface area contributed by atoms with Gasteiger partial charge in [0.1, 0.15) is 0 Å². The first-order valence-corrected chi connectivity index (χ1v) is 11.3. The molecule has 1 amide bonds. The maximum atomic E-state index is 13.1. The number of anilines is 1. The van der Waals surface area contributed by atoms with Crippen molar-refractivity contribution in [2.45, 2.75) is 31.2 Å². The Hall–Kier alpha value is -3.12. The Morgan fingerprint density at radius 3 is 2.17 bits per heavy atom. The second kappa shape index (κ2) is 9.13. The minimum Gasteiger partial charge on any atom is -0.345 e. The molecule has 3 rings (SSSR count). The molecule has 0 spiro atoms. The van der Waals surface area contributed by atoms with E-state index in [1.54, 1.807) is 54.6 Å². The van der Waals surface area contributed by atoms with Crippen molar-refractivity contribution >= 4 is 21.6 Å². The Bertz CT molecular complexity index is 1110. The van der Waals surface area contributed by atoms with Gasteiger partial charge in [-0.3, -0.25) is 9.10 Å². The van der Waals surface area contributed by atoms with Gasteiger partial charge in [0.15, 0.2) is 0 Å². The fraction of sp³-hybridized carbons (Fsp3) is 0.208. The Morgan fingerprint density at radius 1 is 0.933 bits per heavy atom. The third-order valence-corrected chi connectivity index (χ3v) is 6.87. The summed E-state index contributed by atoms with van der Waals surface area (Å²) in [6.45, 7) is 4.02. The number of carbonyl (C=O) groups excluding carboxylic acids is 1. The third-order valence-electron chi connectivity index (χ3n) is 5.08. The van der Waals surface area contributed by atoms with E-state index < -0.39 is 10.0 Å². The zero-order chi connectivity index (χ0) is 21.7. The van der Waals surface area contributed by atoms with Gasteiger partial charge in [-0.2, -0.15) is 0 Å². The topological polar surface area (TPSA) is 66.5 Å². The van der Waals surface area contributed by atoms with Gasteiger partial charge in [0, 0.05) is 7.05 Å². The van der Waals surface area contributed by atoms with Crippen LogP contribution in [0.15, 0.2) is 83.8 Å². The summed E-state index contributed by atoms with van der Waals surface area (Å²) in [5.41, 5.74) is 2.81. The highest BCUT2D eigenvalue weighted by molar-refractivity contribution is 7.92. The number of aryl methyl sites for hydroxylation is 1. The molecule has 0 aliphatic carbocycles. The van der Waals surface area contributed by atoms with Crippen LogP contribution in [0.25, 0.3) is 0 Å². The van der Waals surface area contributed by atoms with E-state index in [9.17, 15) is 13.2 Å². The highest BCUT2D eigenvalue weighted by atomic mass is 32.2. The van der Waals surface area contributed by atoms with Crippen LogP contribution in [0.2, 0.25) is 0 Å². The van der Waals surface area contributed by atoms with Crippen molar-refractivity contribution in [3.05, 3.63) is 95.6 Å². The molecule has 3 aromatic rings. The second-order valence-corrected chi connectivity index (χ2v) is 9.12. The molecule has 0 saturated heterocycles. The van der Waals surface area contributed by atoms with Crippen LogP contribution in [0.1, 0.15) is 40.9 Å². The van der Waals surface area contributed by atoms with Crippen molar-refractivity contribution in [3.63, 3.8) is 0 Å². The summed E-state index contributed by atoms with van der Waals surface area (Å²) >= 11 is 0. The van der Waals surface area contributed by atoms with Gasteiger partial charge in [-0.05, 0) is 43.2 Å². The molecule has 0 bridgehead atoms. The number of sulfonamides is 1. The van der Waals surface area contributed by atoms with Gasteiger partial charge >= 0.3 is 0 Å². The lowest BCUT2D eigenvalue weighted by atomic mass is 10.0. The number of benzene rings is 3. The molecular formula is C24H26N2O3S. The molecular weight excluding hydrogens is 396 g/mol. The summed E-state index contributed by atoms with van der Waals surface area (Å²) in [6.07, 6.45) is 0.717. The molecule has 1 unspecified atom stereocenters. The van der Waals surface area contributed by atoms with Gasteiger partial charge in [-0.1, -0.05) is 67.1 Å². The van der Waals surface area contributed by atoms with Crippen LogP contribution < -0.4 is 9.62 Å². The number of hydrogen-bond acceptors (Lipinski definition) is 3. The van der Waals surface area contributed by atoms with Gasteiger partial charge < -0.3 is 5.32 Å². The van der Waals surface area contributed by atoms with Crippen LogP contribution in [0.4, 0.5) is 5.69 Å². The Morgan fingerprint density at radius 2 is 1.53 bits per heavy atom. The summed E-state index contributed by atoms with van der Waals surface area (Å²) in [7, 11) is -2.32. The van der Waals surface area contributed by atoms with Gasteiger partial charge in [-0.25, -0.2) is 8.42 Å². The number of nitrogens with one attached hydrogen (secondary N) is 1. The van der Waals surface area contributed by atoms with Crippen molar-refractivity contribution < 1.29 is 13.2 Å². The number of nitrogens with zero attached hydrogens (tertiary/aromatic N) is 1. The highest BCUT2D eigenvalue weighted by Crippen LogP contribution is 2.27. The fourth-order valence-corrected chi connectivity index (χ4v) is 4.51. The summed E-state index contributed by atoms with van der Waals surface area (Å²) in [4.78, 5) is 13.3. The van der Waals surface area contributed by atoms with E-state index in [4.69, 9.17) is 0 Å². The van der Waals surface area contributed by atoms with Gasteiger partial charge in [0.2, 0.25) is 0 Å². The van der Waals surface area contributed by atoms with Crippen molar-refractivity contribution in [1.82, 2.24) is 5.32 Å². The molecule has 1 N–H and O–H groups in total. The predicted octanol–water partition coefficient (Wildman–Crippen LogP) is 4.70. The van der Waals surface area contributed by atoms with Crippen LogP contribution in [-0.4, -0.2) is 21.4 Å². The van der Waals surface area contributed by atoms with E-state index in [-0.39, 0.29) is 16.8 Å². The molecule has 156 valence electrons. The second-order valence-electron chi connectivity index (χ2n) is 7.15. The van der Waals surface area contributed by atoms with Gasteiger partial charge in [-0.15, -0.1) is 0 Å². The van der Waals surface area contributed by atoms with Crippen molar-refractivity contribution in [3.8, 4) is 0 Å². The fourth-order valence-electron chi connectivity index (χ4n) is 3.28. The standard InChI is InChI=1S/C24H26N2O3S/c1-4-22(19-16-14-18(2)15-17-19)25-24(27)21-12-8-9-13-23(21)26(3)30(28,29)20-10-6-5-7-11-20/h5-17,22H,4H2,1-3H3,(H,25,27). The Labute approximate surface area is 178 Å². The molecule has 0 radical (unpaired) electrons. The molecule has 0 aromatic heterocycles. The first-order chi connectivity index (χ1) is 14.3. The van der Waals surface area contributed by atoms with E-state index in [1.807, 2.05) is 38.1 Å². The molecule has 0 aliphatic heterocycles. The Kier molecular flexibility index (Phi) is 6.57. The number of rotatable bonds is 7. The van der Waals surface area contributed by atoms with Crippen molar-refractivity contribution in [2.75, 3.05) is 11.4 Å². The first kappa shape index (κ1) is 21.6. The minimum atomic E-state index is -3.79. The number of para-hydroxylation sites is 1. The lowest BCUT2D eigenvalue weighted by molar-refractivity contribution is 0.0936. The minimum absolute atomic E-state index is 0.165. The van der Waals surface area contributed by atoms with Crippen molar-refractivity contribution in [2.24, 2.45) is 0 Å². The van der Waals surface area contributed by atoms with Crippen LogP contribution in [0.3, 0.4) is 0 Å². The highest BCUT2D eigenvalue weighted by Gasteiger charge is 2.25. The molecule has 0 fully saturated rings. The Balaban J connectivity index is 1.90. The first-order valence-electron chi connectivity index (χ1n) is 9.85. The van der Waals surface area contributed by atoms with Gasteiger partial charge in [0.05, 0.1) is 22.2 Å². The summed E-state index contributed by atoms with van der Waals surface area (Å²) in [6, 6.07) is 22.8. The zero-order valence-corrected chi connectivity index (χ0v) is 18.2. The van der Waals surface area contributed by atoms with Crippen LogP contribution in [0.5, 0.6) is 0 Å². The number of carbonyl (C=O) groups is 1. The summed E-state index contributed by atoms with van der Waals surface area (Å²) < 4.78 is 27.2. The molecule has 6 heteroatoms. The van der Waals surface area contributed by atoms with Crippen LogP contribution in [0, 0.1) is 6.92 Å². The van der Waals surface area contributed by atoms with Gasteiger partial charge in [0.25, 0.3) is 15.9 Å². The van der Waals surface area contributed by atoms with Crippen LogP contribution >= 0.6 is 0 Å². The normalized spacial score (nSPS) is 12.2.